The number of para-hydroxylation sites is 1. The zero-order valence-corrected chi connectivity index (χ0v) is 11.6. The monoisotopic (exact) mass is 276 g/mol. The summed E-state index contributed by atoms with van der Waals surface area (Å²) in [6, 6.07) is 7.48. The van der Waals surface area contributed by atoms with Gasteiger partial charge in [0.05, 0.1) is 6.61 Å². The molecule has 0 aromatic heterocycles. The van der Waals surface area contributed by atoms with Crippen LogP contribution in [-0.2, 0) is 16.0 Å². The number of anilines is 1. The molecule has 2 atom stereocenters. The molecule has 0 aliphatic carbocycles. The van der Waals surface area contributed by atoms with E-state index >= 15 is 0 Å². The van der Waals surface area contributed by atoms with Gasteiger partial charge in [0, 0.05) is 24.1 Å². The van der Waals surface area contributed by atoms with E-state index in [1.165, 1.54) is 0 Å². The van der Waals surface area contributed by atoms with E-state index < -0.39 is 0 Å². The molecule has 0 bridgehead atoms. The van der Waals surface area contributed by atoms with Gasteiger partial charge in [-0.05, 0) is 31.4 Å². The normalized spacial score (nSPS) is 18.9. The maximum atomic E-state index is 12.0. The minimum atomic E-state index is -0.247. The fraction of sp³-hybridized carbons (Fsp3) is 0.467. The molecule has 1 aromatic rings. The van der Waals surface area contributed by atoms with Crippen LogP contribution in [0, 0.1) is 5.92 Å². The van der Waals surface area contributed by atoms with Crippen LogP contribution in [0.25, 0.3) is 0 Å². The highest BCUT2D eigenvalue weighted by Crippen LogP contribution is 2.27. The number of rotatable bonds is 5. The summed E-state index contributed by atoms with van der Waals surface area (Å²) < 4.78 is 0. The van der Waals surface area contributed by atoms with Crippen molar-refractivity contribution in [1.82, 2.24) is 5.32 Å². The average Bonchev–Trinajstić information content (AvgIpc) is 2.44. The summed E-state index contributed by atoms with van der Waals surface area (Å²) in [6.45, 7) is 1.66. The average molecular weight is 276 g/mol. The summed E-state index contributed by atoms with van der Waals surface area (Å²) in [5.74, 6) is -0.315. The molecule has 1 heterocycles. The SMILES string of the molecule is CC(CO)NC(=O)CCC1Cc2ccccc2NC1=O. The van der Waals surface area contributed by atoms with Crippen LogP contribution in [0.1, 0.15) is 25.3 Å². The van der Waals surface area contributed by atoms with Gasteiger partial charge in [-0.2, -0.15) is 0 Å². The third-order valence-electron chi connectivity index (χ3n) is 3.51. The van der Waals surface area contributed by atoms with Crippen LogP contribution in [-0.4, -0.2) is 29.6 Å². The molecule has 2 rings (SSSR count). The Morgan fingerprint density at radius 2 is 2.25 bits per heavy atom. The number of hydrogen-bond acceptors (Lipinski definition) is 3. The summed E-state index contributed by atoms with van der Waals surface area (Å²) in [5, 5.41) is 14.4. The van der Waals surface area contributed by atoms with E-state index in [2.05, 4.69) is 10.6 Å². The Morgan fingerprint density at radius 1 is 1.50 bits per heavy atom. The van der Waals surface area contributed by atoms with E-state index in [-0.39, 0.29) is 30.4 Å². The summed E-state index contributed by atoms with van der Waals surface area (Å²) in [5.41, 5.74) is 1.98. The molecule has 0 radical (unpaired) electrons. The number of fused-ring (bicyclic) bond motifs is 1. The van der Waals surface area contributed by atoms with Crippen LogP contribution < -0.4 is 10.6 Å². The quantitative estimate of drug-likeness (QED) is 0.753. The number of amides is 2. The molecule has 3 N–H and O–H groups in total. The van der Waals surface area contributed by atoms with Gasteiger partial charge in [0.1, 0.15) is 0 Å². The second kappa shape index (κ2) is 6.52. The van der Waals surface area contributed by atoms with Crippen LogP contribution in [0.3, 0.4) is 0 Å². The van der Waals surface area contributed by atoms with Gasteiger partial charge in [-0.25, -0.2) is 0 Å². The number of carbonyl (C=O) groups excluding carboxylic acids is 2. The smallest absolute Gasteiger partial charge is 0.227 e. The third kappa shape index (κ3) is 3.57. The minimum Gasteiger partial charge on any atom is -0.394 e. The van der Waals surface area contributed by atoms with Crippen molar-refractivity contribution in [2.45, 2.75) is 32.2 Å². The van der Waals surface area contributed by atoms with Crippen molar-refractivity contribution >= 4 is 17.5 Å². The zero-order chi connectivity index (χ0) is 14.5. The fourth-order valence-corrected chi connectivity index (χ4v) is 2.34. The van der Waals surface area contributed by atoms with Gasteiger partial charge < -0.3 is 15.7 Å². The Bertz CT molecular complexity index is 502. The molecule has 0 saturated carbocycles. The first-order valence-electron chi connectivity index (χ1n) is 6.89. The lowest BCUT2D eigenvalue weighted by Crippen LogP contribution is -2.36. The van der Waals surface area contributed by atoms with Gasteiger partial charge >= 0.3 is 0 Å². The van der Waals surface area contributed by atoms with Gasteiger partial charge in [-0.3, -0.25) is 9.59 Å². The molecule has 1 aliphatic heterocycles. The molecule has 108 valence electrons. The number of aliphatic hydroxyl groups is 1. The van der Waals surface area contributed by atoms with Gasteiger partial charge in [0.15, 0.2) is 0 Å². The highest BCUT2D eigenvalue weighted by Gasteiger charge is 2.26. The maximum absolute atomic E-state index is 12.0. The molecule has 1 aliphatic rings. The first kappa shape index (κ1) is 14.5. The molecule has 0 saturated heterocycles. The van der Waals surface area contributed by atoms with E-state index in [0.29, 0.717) is 19.3 Å². The molecule has 5 heteroatoms. The van der Waals surface area contributed by atoms with Crippen molar-refractivity contribution in [3.63, 3.8) is 0 Å². The summed E-state index contributed by atoms with van der Waals surface area (Å²) in [7, 11) is 0. The molecule has 2 amide bonds. The predicted molar refractivity (Wildman–Crippen MR) is 76.2 cm³/mol. The van der Waals surface area contributed by atoms with Crippen molar-refractivity contribution in [3.8, 4) is 0 Å². The molecule has 1 aromatic carbocycles. The van der Waals surface area contributed by atoms with Gasteiger partial charge in [-0.1, -0.05) is 18.2 Å². The van der Waals surface area contributed by atoms with Gasteiger partial charge in [0.25, 0.3) is 0 Å². The second-order valence-corrected chi connectivity index (χ2v) is 5.24. The van der Waals surface area contributed by atoms with Crippen LogP contribution >= 0.6 is 0 Å². The van der Waals surface area contributed by atoms with Crippen molar-refractivity contribution in [1.29, 1.82) is 0 Å². The van der Waals surface area contributed by atoms with Crippen LogP contribution in [0.15, 0.2) is 24.3 Å². The number of benzene rings is 1. The zero-order valence-electron chi connectivity index (χ0n) is 11.6. The Morgan fingerprint density at radius 3 is 3.00 bits per heavy atom. The second-order valence-electron chi connectivity index (χ2n) is 5.24. The van der Waals surface area contributed by atoms with E-state index in [9.17, 15) is 9.59 Å². The van der Waals surface area contributed by atoms with Crippen LogP contribution in [0.4, 0.5) is 5.69 Å². The maximum Gasteiger partial charge on any atom is 0.227 e. The minimum absolute atomic E-state index is 0.0216. The topological polar surface area (TPSA) is 78.4 Å². The van der Waals surface area contributed by atoms with E-state index in [0.717, 1.165) is 11.3 Å². The highest BCUT2D eigenvalue weighted by molar-refractivity contribution is 5.96. The van der Waals surface area contributed by atoms with E-state index in [1.54, 1.807) is 6.92 Å². The molecule has 20 heavy (non-hydrogen) atoms. The van der Waals surface area contributed by atoms with Crippen molar-refractivity contribution in [2.75, 3.05) is 11.9 Å². The summed E-state index contributed by atoms with van der Waals surface area (Å²) in [4.78, 5) is 23.6. The lowest BCUT2D eigenvalue weighted by Gasteiger charge is -2.24. The van der Waals surface area contributed by atoms with Crippen LogP contribution in [0.2, 0.25) is 0 Å². The lowest BCUT2D eigenvalue weighted by molar-refractivity contribution is -0.123. The Kier molecular flexibility index (Phi) is 4.74. The predicted octanol–water partition coefficient (Wildman–Crippen LogP) is 1.07. The summed E-state index contributed by atoms with van der Waals surface area (Å²) >= 11 is 0. The molecule has 0 spiro atoms. The van der Waals surface area contributed by atoms with Gasteiger partial charge in [-0.15, -0.1) is 0 Å². The van der Waals surface area contributed by atoms with Crippen molar-refractivity contribution in [3.05, 3.63) is 29.8 Å². The van der Waals surface area contributed by atoms with E-state index in [1.807, 2.05) is 24.3 Å². The standard InChI is InChI=1S/C15H20N2O3/c1-10(9-18)16-14(19)7-6-12-8-11-4-2-3-5-13(11)17-15(12)20/h2-5,10,12,18H,6-9H2,1H3,(H,16,19)(H,17,20). The first-order valence-corrected chi connectivity index (χ1v) is 6.89. The number of hydrogen-bond donors (Lipinski definition) is 3. The van der Waals surface area contributed by atoms with E-state index in [4.69, 9.17) is 5.11 Å². The van der Waals surface area contributed by atoms with Gasteiger partial charge in [0.2, 0.25) is 11.8 Å². The highest BCUT2D eigenvalue weighted by atomic mass is 16.3. The molecule has 5 nitrogen and oxygen atoms in total. The van der Waals surface area contributed by atoms with Crippen molar-refractivity contribution < 1.29 is 14.7 Å². The molecule has 0 fully saturated rings. The van der Waals surface area contributed by atoms with Crippen LogP contribution in [0.5, 0.6) is 0 Å². The lowest BCUT2D eigenvalue weighted by atomic mass is 9.89. The third-order valence-corrected chi connectivity index (χ3v) is 3.51. The summed E-state index contributed by atoms with van der Waals surface area (Å²) in [6.07, 6.45) is 1.49. The Labute approximate surface area is 118 Å². The van der Waals surface area contributed by atoms with Crippen molar-refractivity contribution in [2.24, 2.45) is 5.92 Å². The number of aliphatic hydroxyl groups excluding tert-OH is 1. The Hall–Kier alpha value is -1.88. The number of nitrogens with one attached hydrogen (secondary N) is 2. The molecule has 2 unspecified atom stereocenters. The fourth-order valence-electron chi connectivity index (χ4n) is 2.34. The number of carbonyl (C=O) groups is 2. The Balaban J connectivity index is 1.88. The molecular formula is C15H20N2O3. The molecular weight excluding hydrogens is 256 g/mol. The first-order chi connectivity index (χ1) is 9.60. The largest absolute Gasteiger partial charge is 0.394 e.